The first-order valence-corrected chi connectivity index (χ1v) is 53.7. The summed E-state index contributed by atoms with van der Waals surface area (Å²) in [4.78, 5) is 7.95. The van der Waals surface area contributed by atoms with Crippen molar-refractivity contribution in [2.75, 3.05) is 14.7 Å². The SMILES string of the molecule is CCCCCC(CC)c1ccc(N2c3ccccc3C3(c4cc(-c5ccc(-c6ccccc6)cc5)ccc4-c4c3c3c(c5c4C4(c6cc(-c7ccc(-c8ccccc8)cc7)ccc6-5)c5ccccc5N(c5ccc(C(CC)CCCCC)cc5)c5ccccc54)C4(c5cc(-c6ccc(-c7ccccc7)cc6)ccc5-3)c3ccccc3N(c3ccc(C(CC)CCCCC)cc3)c3ccccc34)c3ccccc32)cc1. The number of hydrogen-bond acceptors (Lipinski definition) is 3. The Morgan fingerprint density at radius 3 is 0.590 bits per heavy atom. The van der Waals surface area contributed by atoms with Crippen molar-refractivity contribution < 1.29 is 0 Å². The van der Waals surface area contributed by atoms with Gasteiger partial charge in [0.2, 0.25) is 0 Å². The molecular formula is C141H123N3. The molecule has 6 aliphatic rings. The molecule has 0 bridgehead atoms. The molecule has 19 aromatic rings. The van der Waals surface area contributed by atoms with Gasteiger partial charge < -0.3 is 14.7 Å². The largest absolute Gasteiger partial charge is 0.310 e. The van der Waals surface area contributed by atoms with E-state index in [-0.39, 0.29) is 0 Å². The van der Waals surface area contributed by atoms with E-state index >= 15 is 0 Å². The summed E-state index contributed by atoms with van der Waals surface area (Å²) >= 11 is 0. The Labute approximate surface area is 852 Å². The molecule has 0 radical (unpaired) electrons. The van der Waals surface area contributed by atoms with Gasteiger partial charge in [-0.1, -0.05) is 445 Å². The predicted molar refractivity (Wildman–Crippen MR) is 607 cm³/mol. The summed E-state index contributed by atoms with van der Waals surface area (Å²) in [5.74, 6) is 1.41. The number of fused-ring (bicyclic) bond motifs is 30. The Morgan fingerprint density at radius 2 is 0.375 bits per heavy atom. The summed E-state index contributed by atoms with van der Waals surface area (Å²) in [6.07, 6.45) is 17.9. The van der Waals surface area contributed by atoms with Crippen molar-refractivity contribution in [3.63, 3.8) is 0 Å². The molecule has 702 valence electrons. The number of unbranched alkanes of at least 4 members (excludes halogenated alkanes) is 6. The maximum absolute atomic E-state index is 2.69. The van der Waals surface area contributed by atoms with Crippen LogP contribution in [0.4, 0.5) is 51.2 Å². The average Bonchev–Trinajstić information content (AvgIpc) is 1.45. The quantitative estimate of drug-likeness (QED) is 0.0475. The molecule has 3 aliphatic carbocycles. The fourth-order valence-corrected chi connectivity index (χ4v) is 27.0. The lowest BCUT2D eigenvalue weighted by Crippen LogP contribution is -2.39. The zero-order chi connectivity index (χ0) is 96.7. The molecule has 3 aliphatic heterocycles. The molecule has 3 spiro atoms. The van der Waals surface area contributed by atoms with E-state index in [0.717, 1.165) is 104 Å². The maximum Gasteiger partial charge on any atom is 0.0760 e. The van der Waals surface area contributed by atoms with Crippen LogP contribution in [-0.4, -0.2) is 0 Å². The average molecular weight is 1860 g/mol. The maximum atomic E-state index is 2.69. The van der Waals surface area contributed by atoms with E-state index < -0.39 is 16.2 Å². The lowest BCUT2D eigenvalue weighted by Gasteiger charge is -2.48. The molecule has 3 heteroatoms. The highest BCUT2D eigenvalue weighted by molar-refractivity contribution is 6.14. The Balaban J connectivity index is 0.857. The van der Waals surface area contributed by atoms with Gasteiger partial charge in [0, 0.05) is 17.1 Å². The minimum Gasteiger partial charge on any atom is -0.310 e. The molecule has 144 heavy (non-hydrogen) atoms. The number of benzene rings is 19. The van der Waals surface area contributed by atoms with E-state index in [1.165, 1.54) is 227 Å². The van der Waals surface area contributed by atoms with Gasteiger partial charge in [-0.15, -0.1) is 0 Å². The van der Waals surface area contributed by atoms with Gasteiger partial charge >= 0.3 is 0 Å². The van der Waals surface area contributed by atoms with Crippen LogP contribution in [-0.2, 0) is 16.2 Å². The van der Waals surface area contributed by atoms with Crippen LogP contribution in [0.2, 0.25) is 0 Å². The number of rotatable bonds is 27. The first-order valence-electron chi connectivity index (χ1n) is 53.7. The second-order valence-electron chi connectivity index (χ2n) is 41.3. The molecule has 0 N–H and O–H groups in total. The van der Waals surface area contributed by atoms with E-state index in [1.54, 1.807) is 0 Å². The number of nitrogens with zero attached hydrogens (tertiary/aromatic N) is 3. The van der Waals surface area contributed by atoms with Crippen LogP contribution in [0.1, 0.15) is 239 Å². The van der Waals surface area contributed by atoms with Gasteiger partial charge in [-0.25, -0.2) is 0 Å². The van der Waals surface area contributed by atoms with Crippen LogP contribution in [0.15, 0.2) is 437 Å². The lowest BCUT2D eigenvalue weighted by atomic mass is 9.58. The minimum absolute atomic E-state index is 0.469. The van der Waals surface area contributed by atoms with E-state index in [4.69, 9.17) is 0 Å². The molecular weight excluding hydrogens is 1740 g/mol. The summed E-state index contributed by atoms with van der Waals surface area (Å²) in [5.41, 5.74) is 48.3. The Bertz CT molecular complexity index is 7110. The van der Waals surface area contributed by atoms with Gasteiger partial charge in [0.25, 0.3) is 0 Å². The molecule has 25 rings (SSSR count). The molecule has 0 saturated carbocycles. The second kappa shape index (κ2) is 37.5. The van der Waals surface area contributed by atoms with Gasteiger partial charge in [0.05, 0.1) is 50.4 Å². The van der Waals surface area contributed by atoms with Gasteiger partial charge in [-0.05, 0) is 331 Å². The Morgan fingerprint density at radius 1 is 0.181 bits per heavy atom. The van der Waals surface area contributed by atoms with Crippen LogP contribution in [0.25, 0.3) is 100 Å². The van der Waals surface area contributed by atoms with Crippen molar-refractivity contribution in [1.82, 2.24) is 0 Å². The molecule has 3 unspecified atom stereocenters. The fraction of sp³-hybridized carbons (Fsp3) is 0.191. The molecule has 3 heterocycles. The van der Waals surface area contributed by atoms with Crippen molar-refractivity contribution in [3.8, 4) is 100 Å². The highest BCUT2D eigenvalue weighted by Gasteiger charge is 2.65. The molecule has 0 aromatic heterocycles. The normalized spacial score (nSPS) is 14.5. The summed E-state index contributed by atoms with van der Waals surface area (Å²) in [7, 11) is 0. The van der Waals surface area contributed by atoms with Crippen molar-refractivity contribution in [1.29, 1.82) is 0 Å². The summed E-state index contributed by atoms with van der Waals surface area (Å²) in [6.45, 7) is 14.1. The Kier molecular flexibility index (Phi) is 23.4. The molecule has 0 fully saturated rings. The third kappa shape index (κ3) is 14.2. The number of para-hydroxylation sites is 6. The zero-order valence-corrected chi connectivity index (χ0v) is 83.7. The molecule has 19 aromatic carbocycles. The van der Waals surface area contributed by atoms with E-state index in [0.29, 0.717) is 17.8 Å². The third-order valence-corrected chi connectivity index (χ3v) is 33.8. The first kappa shape index (κ1) is 89.9. The summed E-state index contributed by atoms with van der Waals surface area (Å²) in [5, 5.41) is 0. The molecule has 3 atom stereocenters. The topological polar surface area (TPSA) is 9.72 Å². The monoisotopic (exact) mass is 1860 g/mol. The number of hydrogen-bond donors (Lipinski definition) is 0. The highest BCUT2D eigenvalue weighted by Crippen LogP contribution is 2.78. The van der Waals surface area contributed by atoms with Crippen LogP contribution in [0.5, 0.6) is 0 Å². The second-order valence-corrected chi connectivity index (χ2v) is 41.3. The van der Waals surface area contributed by atoms with E-state index in [2.05, 4.69) is 493 Å². The smallest absolute Gasteiger partial charge is 0.0760 e. The van der Waals surface area contributed by atoms with Crippen LogP contribution in [0.3, 0.4) is 0 Å². The van der Waals surface area contributed by atoms with Crippen LogP contribution >= 0.6 is 0 Å². The van der Waals surface area contributed by atoms with E-state index in [9.17, 15) is 0 Å². The highest BCUT2D eigenvalue weighted by atomic mass is 15.2. The van der Waals surface area contributed by atoms with Crippen molar-refractivity contribution in [2.45, 2.75) is 172 Å². The van der Waals surface area contributed by atoms with Crippen LogP contribution < -0.4 is 14.7 Å². The van der Waals surface area contributed by atoms with Gasteiger partial charge in [0.1, 0.15) is 0 Å². The van der Waals surface area contributed by atoms with Crippen molar-refractivity contribution in [3.05, 3.63) is 520 Å². The lowest BCUT2D eigenvalue weighted by molar-refractivity contribution is 0.553. The van der Waals surface area contributed by atoms with Crippen LogP contribution in [0, 0.1) is 0 Å². The minimum atomic E-state index is -1.07. The fourth-order valence-electron chi connectivity index (χ4n) is 27.0. The van der Waals surface area contributed by atoms with Gasteiger partial charge in [-0.2, -0.15) is 0 Å². The third-order valence-electron chi connectivity index (χ3n) is 33.8. The predicted octanol–water partition coefficient (Wildman–Crippen LogP) is 39.3. The first-order chi connectivity index (χ1) is 71.2. The molecule has 3 nitrogen and oxygen atoms in total. The van der Waals surface area contributed by atoms with Crippen molar-refractivity contribution >= 4 is 51.2 Å². The summed E-state index contributed by atoms with van der Waals surface area (Å²) in [6, 6.07) is 173. The molecule has 0 amide bonds. The standard InChI is InChI=1S/C141H123N3/c1-7-13-19-40-94(10-4)100-73-82-112(83-74-100)142-127-55-34-28-49-118(127)139(119-50-29-35-56-128(119)142)124-91-109(106-67-61-103(62-68-106)97-43-22-16-23-44-97)79-88-115(124)133-136(139)134-116-89-80-110(107-69-63-104(64-70-107)98-45-24-17-25-46-98)92-125(116)140(120-51-30-36-57-129(120)143(130-58-37-31-52-121(130)140)113-84-75-101(76-85-113)95(11-5)41-20-14-8-2)138(134)135-117-90-81-111(108-71-65-105(66-72-108)99-47-26-18-27-48-99)93-126(117)141(137(133)135)122-53-32-38-59-131(122)144(132-60-39-33-54-123(132)141)114-86-77-102(78-87-114)96(12-6)42-21-15-9-3/h16-18,22-39,43-96H,7-15,19-21,40-42H2,1-6H3. The molecule has 0 saturated heterocycles. The van der Waals surface area contributed by atoms with Crippen molar-refractivity contribution in [2.24, 2.45) is 0 Å². The van der Waals surface area contributed by atoms with Gasteiger partial charge in [-0.3, -0.25) is 0 Å². The summed E-state index contributed by atoms with van der Waals surface area (Å²) < 4.78 is 0. The van der Waals surface area contributed by atoms with Gasteiger partial charge in [0.15, 0.2) is 0 Å². The van der Waals surface area contributed by atoms with E-state index in [1.807, 2.05) is 0 Å². The Hall–Kier alpha value is -15.4. The number of anilines is 9. The zero-order valence-electron chi connectivity index (χ0n) is 83.7.